The number of hydrogen-bond donors (Lipinski definition) is 1. The van der Waals surface area contributed by atoms with Gasteiger partial charge in [0.25, 0.3) is 5.56 Å². The van der Waals surface area contributed by atoms with Crippen molar-refractivity contribution in [3.05, 3.63) is 63.8 Å². The van der Waals surface area contributed by atoms with Gasteiger partial charge in [0.2, 0.25) is 0 Å². The van der Waals surface area contributed by atoms with Gasteiger partial charge in [-0.1, -0.05) is 17.7 Å². The Morgan fingerprint density at radius 2 is 1.95 bits per heavy atom. The second-order valence-electron chi connectivity index (χ2n) is 4.74. The summed E-state index contributed by atoms with van der Waals surface area (Å²) >= 11 is 0. The first-order chi connectivity index (χ1) is 9.63. The molecule has 0 fully saturated rings. The van der Waals surface area contributed by atoms with E-state index in [9.17, 15) is 4.79 Å². The van der Waals surface area contributed by atoms with Gasteiger partial charge in [0.15, 0.2) is 0 Å². The van der Waals surface area contributed by atoms with Crippen molar-refractivity contribution in [1.82, 2.24) is 14.5 Å². The van der Waals surface area contributed by atoms with Gasteiger partial charge in [0, 0.05) is 17.3 Å². The number of aromatic nitrogens is 3. The summed E-state index contributed by atoms with van der Waals surface area (Å²) < 4.78 is 1.31. The minimum Gasteiger partial charge on any atom is -0.343 e. The lowest BCUT2D eigenvalue weighted by Crippen LogP contribution is -2.16. The van der Waals surface area contributed by atoms with E-state index in [1.54, 1.807) is 6.07 Å². The third-order valence-corrected chi connectivity index (χ3v) is 3.06. The van der Waals surface area contributed by atoms with Gasteiger partial charge in [-0.15, -0.1) is 0 Å². The summed E-state index contributed by atoms with van der Waals surface area (Å²) in [6.45, 7) is 3.91. The molecule has 3 aromatic rings. The third kappa shape index (κ3) is 2.21. The molecular formula is C16H13N3O. The summed E-state index contributed by atoms with van der Waals surface area (Å²) in [4.78, 5) is 19.4. The highest BCUT2D eigenvalue weighted by Gasteiger charge is 2.04. The maximum Gasteiger partial charge on any atom is 0.274 e. The topological polar surface area (TPSA) is 50.7 Å². The summed E-state index contributed by atoms with van der Waals surface area (Å²) in [6.07, 6.45) is 1.45. The van der Waals surface area contributed by atoms with Gasteiger partial charge in [0.1, 0.15) is 12.0 Å². The van der Waals surface area contributed by atoms with E-state index >= 15 is 0 Å². The molecular weight excluding hydrogens is 250 g/mol. The smallest absolute Gasteiger partial charge is 0.274 e. The van der Waals surface area contributed by atoms with Crippen LogP contribution in [0.4, 0.5) is 0 Å². The number of nitrogens with one attached hydrogen (secondary N) is 1. The largest absolute Gasteiger partial charge is 0.343 e. The summed E-state index contributed by atoms with van der Waals surface area (Å²) in [5.41, 5.74) is 3.40. The normalized spacial score (nSPS) is 10.3. The molecule has 2 heterocycles. The first-order valence-corrected chi connectivity index (χ1v) is 6.29. The summed E-state index contributed by atoms with van der Waals surface area (Å²) in [5.74, 6) is 2.96. The lowest BCUT2D eigenvalue weighted by Gasteiger charge is -1.95. The molecule has 1 N–H and O–H groups in total. The highest BCUT2D eigenvalue weighted by molar-refractivity contribution is 5.75. The zero-order valence-electron chi connectivity index (χ0n) is 11.3. The van der Waals surface area contributed by atoms with E-state index in [1.807, 2.05) is 38.1 Å². The number of nitrogens with zero attached hydrogens (tertiary/aromatic N) is 2. The van der Waals surface area contributed by atoms with E-state index in [1.165, 1.54) is 16.5 Å². The maximum absolute atomic E-state index is 12.2. The molecule has 0 spiro atoms. The molecule has 2 aromatic heterocycles. The van der Waals surface area contributed by atoms with Gasteiger partial charge in [-0.05, 0) is 38.0 Å². The Morgan fingerprint density at radius 3 is 2.70 bits per heavy atom. The molecule has 0 aliphatic carbocycles. The minimum absolute atomic E-state index is 0.154. The second kappa shape index (κ2) is 4.71. The molecule has 0 aliphatic rings. The molecule has 0 saturated carbocycles. The highest BCUT2D eigenvalue weighted by atomic mass is 16.1. The minimum atomic E-state index is -0.154. The second-order valence-corrected chi connectivity index (χ2v) is 4.74. The standard InChI is InChI=1S/C16H13N3O/c1-11-3-5-13(6-4-11)7-8-19-10-17-15-14(16(19)20)9-12(2)18-15/h3-6,9-10,18H,1-2H3. The fourth-order valence-electron chi connectivity index (χ4n) is 1.98. The quantitative estimate of drug-likeness (QED) is 0.632. The van der Waals surface area contributed by atoms with Crippen LogP contribution >= 0.6 is 0 Å². The van der Waals surface area contributed by atoms with Crippen LogP contribution in [0.5, 0.6) is 0 Å². The molecule has 98 valence electrons. The van der Waals surface area contributed by atoms with Crippen LogP contribution in [0.3, 0.4) is 0 Å². The van der Waals surface area contributed by atoms with Crippen molar-refractivity contribution in [1.29, 1.82) is 0 Å². The molecule has 20 heavy (non-hydrogen) atoms. The van der Waals surface area contributed by atoms with Crippen molar-refractivity contribution in [3.8, 4) is 12.0 Å². The van der Waals surface area contributed by atoms with Gasteiger partial charge in [-0.3, -0.25) is 4.79 Å². The Morgan fingerprint density at radius 1 is 1.20 bits per heavy atom. The fraction of sp³-hybridized carbons (Fsp3) is 0.125. The van der Waals surface area contributed by atoms with Crippen LogP contribution in [-0.4, -0.2) is 14.5 Å². The molecule has 1 aromatic carbocycles. The van der Waals surface area contributed by atoms with Crippen LogP contribution in [0.15, 0.2) is 41.5 Å². The molecule has 0 radical (unpaired) electrons. The zero-order valence-corrected chi connectivity index (χ0v) is 11.3. The van der Waals surface area contributed by atoms with Crippen molar-refractivity contribution >= 4 is 11.0 Å². The number of benzene rings is 1. The van der Waals surface area contributed by atoms with Gasteiger partial charge >= 0.3 is 0 Å². The third-order valence-electron chi connectivity index (χ3n) is 3.06. The van der Waals surface area contributed by atoms with Crippen LogP contribution in [0, 0.1) is 25.8 Å². The molecule has 0 unspecified atom stereocenters. The predicted octanol–water partition coefficient (Wildman–Crippen LogP) is 2.20. The Balaban J connectivity index is 2.05. The predicted molar refractivity (Wildman–Crippen MR) is 78.5 cm³/mol. The SMILES string of the molecule is Cc1ccc(C#Cn2cnc3[nH]c(C)cc3c2=O)cc1. The number of fused-ring (bicyclic) bond motifs is 1. The molecule has 0 bridgehead atoms. The van der Waals surface area contributed by atoms with Crippen LogP contribution in [0.1, 0.15) is 16.8 Å². The van der Waals surface area contributed by atoms with Crippen LogP contribution < -0.4 is 5.56 Å². The Labute approximate surface area is 116 Å². The molecule has 4 nitrogen and oxygen atoms in total. The first-order valence-electron chi connectivity index (χ1n) is 6.29. The Kier molecular flexibility index (Phi) is 2.88. The average molecular weight is 263 g/mol. The number of hydrogen-bond acceptors (Lipinski definition) is 2. The van der Waals surface area contributed by atoms with Crippen molar-refractivity contribution in [2.75, 3.05) is 0 Å². The fourth-order valence-corrected chi connectivity index (χ4v) is 1.98. The molecule has 3 rings (SSSR count). The van der Waals surface area contributed by atoms with Crippen LogP contribution in [0.2, 0.25) is 0 Å². The van der Waals surface area contributed by atoms with Crippen LogP contribution in [0.25, 0.3) is 11.0 Å². The highest BCUT2D eigenvalue weighted by Crippen LogP contribution is 2.06. The van der Waals surface area contributed by atoms with Crippen molar-refractivity contribution in [2.45, 2.75) is 13.8 Å². The maximum atomic E-state index is 12.2. The Bertz CT molecular complexity index is 889. The zero-order chi connectivity index (χ0) is 14.1. The van der Waals surface area contributed by atoms with Gasteiger partial charge in [-0.25, -0.2) is 9.55 Å². The molecule has 0 amide bonds. The summed E-state index contributed by atoms with van der Waals surface area (Å²) in [6, 6.07) is 12.5. The number of aromatic amines is 1. The van der Waals surface area contributed by atoms with E-state index in [2.05, 4.69) is 21.9 Å². The number of rotatable bonds is 0. The van der Waals surface area contributed by atoms with Crippen LogP contribution in [-0.2, 0) is 0 Å². The van der Waals surface area contributed by atoms with Gasteiger partial charge < -0.3 is 4.98 Å². The van der Waals surface area contributed by atoms with E-state index in [0.717, 1.165) is 11.3 Å². The lowest BCUT2D eigenvalue weighted by molar-refractivity contribution is 0.999. The molecule has 4 heteroatoms. The first kappa shape index (κ1) is 12.2. The summed E-state index contributed by atoms with van der Waals surface area (Å²) in [5, 5.41) is 0.559. The van der Waals surface area contributed by atoms with Crippen molar-refractivity contribution in [2.24, 2.45) is 0 Å². The number of aryl methyl sites for hydroxylation is 2. The molecule has 0 saturated heterocycles. The molecule has 0 atom stereocenters. The molecule has 0 aliphatic heterocycles. The van der Waals surface area contributed by atoms with E-state index in [-0.39, 0.29) is 5.56 Å². The van der Waals surface area contributed by atoms with Crippen molar-refractivity contribution < 1.29 is 0 Å². The monoisotopic (exact) mass is 263 g/mol. The van der Waals surface area contributed by atoms with Gasteiger partial charge in [0.05, 0.1) is 5.39 Å². The van der Waals surface area contributed by atoms with E-state index < -0.39 is 0 Å². The van der Waals surface area contributed by atoms with Crippen molar-refractivity contribution in [3.63, 3.8) is 0 Å². The Hall–Kier alpha value is -2.80. The average Bonchev–Trinajstić information content (AvgIpc) is 2.81. The summed E-state index contributed by atoms with van der Waals surface area (Å²) in [7, 11) is 0. The van der Waals surface area contributed by atoms with Gasteiger partial charge in [-0.2, -0.15) is 0 Å². The van der Waals surface area contributed by atoms with E-state index in [4.69, 9.17) is 0 Å². The lowest BCUT2D eigenvalue weighted by atomic mass is 10.2. The van der Waals surface area contributed by atoms with E-state index in [0.29, 0.717) is 11.0 Å². The number of H-pyrrole nitrogens is 1.